The van der Waals surface area contributed by atoms with Crippen molar-refractivity contribution in [3.8, 4) is 11.5 Å². The van der Waals surface area contributed by atoms with E-state index < -0.39 is 11.5 Å². The van der Waals surface area contributed by atoms with Crippen LogP contribution in [-0.4, -0.2) is 36.2 Å². The Labute approximate surface area is 135 Å². The molecule has 0 spiro atoms. The number of benzene rings is 1. The predicted molar refractivity (Wildman–Crippen MR) is 85.6 cm³/mol. The van der Waals surface area contributed by atoms with E-state index in [9.17, 15) is 9.59 Å². The summed E-state index contributed by atoms with van der Waals surface area (Å²) in [5, 5.41) is 11.6. The van der Waals surface area contributed by atoms with Gasteiger partial charge in [-0.25, -0.2) is 0 Å². The van der Waals surface area contributed by atoms with Crippen molar-refractivity contribution < 1.29 is 24.2 Å². The highest BCUT2D eigenvalue weighted by Crippen LogP contribution is 2.35. The van der Waals surface area contributed by atoms with Crippen molar-refractivity contribution in [2.75, 3.05) is 13.7 Å². The van der Waals surface area contributed by atoms with Gasteiger partial charge in [0.15, 0.2) is 11.5 Å². The number of para-hydroxylation sites is 1. The molecule has 0 bridgehead atoms. The van der Waals surface area contributed by atoms with E-state index in [4.69, 9.17) is 14.6 Å². The standard InChI is InChI=1S/C17H21NO5/c1-17(2,8-7-14(19)20)18-16(21)12-9-11-5-4-6-13(22-3)15(11)23-10-12/h4-6,9H,7-8,10H2,1-3H3,(H,18,21)(H,19,20). The van der Waals surface area contributed by atoms with Crippen LogP contribution >= 0.6 is 0 Å². The summed E-state index contributed by atoms with van der Waals surface area (Å²) in [7, 11) is 1.57. The largest absolute Gasteiger partial charge is 0.493 e. The number of rotatable bonds is 6. The van der Waals surface area contributed by atoms with E-state index in [1.807, 2.05) is 12.1 Å². The first kappa shape index (κ1) is 16.9. The van der Waals surface area contributed by atoms with Crippen LogP contribution in [0.1, 0.15) is 32.3 Å². The minimum Gasteiger partial charge on any atom is -0.493 e. The molecule has 1 aromatic carbocycles. The van der Waals surface area contributed by atoms with Crippen LogP contribution in [0.3, 0.4) is 0 Å². The minimum absolute atomic E-state index is 0.00284. The van der Waals surface area contributed by atoms with E-state index in [1.165, 1.54) is 0 Å². The van der Waals surface area contributed by atoms with Crippen molar-refractivity contribution in [3.63, 3.8) is 0 Å². The van der Waals surface area contributed by atoms with Crippen LogP contribution in [0.5, 0.6) is 11.5 Å². The second kappa shape index (κ2) is 6.73. The van der Waals surface area contributed by atoms with E-state index in [2.05, 4.69) is 5.32 Å². The highest BCUT2D eigenvalue weighted by atomic mass is 16.5. The number of carboxylic acids is 1. The molecule has 1 heterocycles. The molecule has 6 heteroatoms. The molecule has 0 radical (unpaired) electrons. The number of ether oxygens (including phenoxy) is 2. The van der Waals surface area contributed by atoms with Crippen molar-refractivity contribution in [1.82, 2.24) is 5.32 Å². The molecule has 6 nitrogen and oxygen atoms in total. The Morgan fingerprint density at radius 1 is 1.39 bits per heavy atom. The Morgan fingerprint density at radius 2 is 2.13 bits per heavy atom. The lowest BCUT2D eigenvalue weighted by atomic mass is 9.97. The molecule has 0 aliphatic carbocycles. The van der Waals surface area contributed by atoms with Gasteiger partial charge >= 0.3 is 5.97 Å². The van der Waals surface area contributed by atoms with E-state index >= 15 is 0 Å². The Morgan fingerprint density at radius 3 is 2.78 bits per heavy atom. The second-order valence-electron chi connectivity index (χ2n) is 6.07. The maximum Gasteiger partial charge on any atom is 0.303 e. The van der Waals surface area contributed by atoms with Crippen LogP contribution in [0.2, 0.25) is 0 Å². The van der Waals surface area contributed by atoms with Crippen molar-refractivity contribution in [2.45, 2.75) is 32.2 Å². The third-order valence-electron chi connectivity index (χ3n) is 3.64. The summed E-state index contributed by atoms with van der Waals surface area (Å²) in [6.07, 6.45) is 2.12. The topological polar surface area (TPSA) is 84.9 Å². The molecule has 0 aromatic heterocycles. The number of amides is 1. The quantitative estimate of drug-likeness (QED) is 0.840. The molecule has 2 rings (SSSR count). The van der Waals surface area contributed by atoms with Gasteiger partial charge in [0.2, 0.25) is 0 Å². The summed E-state index contributed by atoms with van der Waals surface area (Å²) in [5.41, 5.74) is 0.670. The van der Waals surface area contributed by atoms with E-state index in [-0.39, 0.29) is 18.9 Å². The second-order valence-corrected chi connectivity index (χ2v) is 6.07. The molecule has 1 aromatic rings. The Kier molecular flexibility index (Phi) is 4.93. The SMILES string of the molecule is COc1cccc2c1OCC(C(=O)NC(C)(C)CCC(=O)O)=C2. The number of aliphatic carboxylic acids is 1. The smallest absolute Gasteiger partial charge is 0.303 e. The fourth-order valence-electron chi connectivity index (χ4n) is 2.34. The molecule has 0 unspecified atom stereocenters. The maximum absolute atomic E-state index is 12.4. The summed E-state index contributed by atoms with van der Waals surface area (Å²) in [6.45, 7) is 3.75. The average Bonchev–Trinajstić information content (AvgIpc) is 2.51. The summed E-state index contributed by atoms with van der Waals surface area (Å²) < 4.78 is 10.9. The first-order valence-corrected chi connectivity index (χ1v) is 7.37. The van der Waals surface area contributed by atoms with Gasteiger partial charge in [-0.15, -0.1) is 0 Å². The van der Waals surface area contributed by atoms with Crippen LogP contribution in [0.15, 0.2) is 23.8 Å². The van der Waals surface area contributed by atoms with Crippen molar-refractivity contribution in [1.29, 1.82) is 0 Å². The fourth-order valence-corrected chi connectivity index (χ4v) is 2.34. The summed E-state index contributed by atoms with van der Waals surface area (Å²) >= 11 is 0. The van der Waals surface area contributed by atoms with Gasteiger partial charge in [0.05, 0.1) is 12.7 Å². The number of carbonyl (C=O) groups excluding carboxylic acids is 1. The molecule has 0 saturated carbocycles. The van der Waals surface area contributed by atoms with Gasteiger partial charge in [0.25, 0.3) is 5.91 Å². The van der Waals surface area contributed by atoms with Crippen LogP contribution in [-0.2, 0) is 9.59 Å². The van der Waals surface area contributed by atoms with Gasteiger partial charge in [-0.1, -0.05) is 12.1 Å². The van der Waals surface area contributed by atoms with Gasteiger partial charge in [-0.3, -0.25) is 9.59 Å². The van der Waals surface area contributed by atoms with Gasteiger partial charge in [0, 0.05) is 17.5 Å². The van der Waals surface area contributed by atoms with Gasteiger partial charge < -0.3 is 19.9 Å². The zero-order valence-corrected chi connectivity index (χ0v) is 13.5. The first-order valence-electron chi connectivity index (χ1n) is 7.37. The number of nitrogens with one attached hydrogen (secondary N) is 1. The molecule has 1 amide bonds. The Balaban J connectivity index is 2.11. The van der Waals surface area contributed by atoms with Crippen molar-refractivity contribution in [2.24, 2.45) is 0 Å². The van der Waals surface area contributed by atoms with Crippen LogP contribution in [0, 0.1) is 0 Å². The number of hydrogen-bond acceptors (Lipinski definition) is 4. The summed E-state index contributed by atoms with van der Waals surface area (Å²) in [6, 6.07) is 5.47. The zero-order valence-electron chi connectivity index (χ0n) is 13.5. The molecule has 0 saturated heterocycles. The van der Waals surface area contributed by atoms with E-state index in [0.717, 1.165) is 5.56 Å². The zero-order chi connectivity index (χ0) is 17.0. The lowest BCUT2D eigenvalue weighted by Crippen LogP contribution is -2.45. The normalized spacial score (nSPS) is 13.4. The molecule has 0 fully saturated rings. The molecular formula is C17H21NO5. The number of hydrogen-bond donors (Lipinski definition) is 2. The summed E-state index contributed by atoms with van der Waals surface area (Å²) in [5.74, 6) is 0.110. The van der Waals surface area contributed by atoms with Crippen LogP contribution < -0.4 is 14.8 Å². The fraction of sp³-hybridized carbons (Fsp3) is 0.412. The highest BCUT2D eigenvalue weighted by Gasteiger charge is 2.25. The van der Waals surface area contributed by atoms with E-state index in [0.29, 0.717) is 23.5 Å². The highest BCUT2D eigenvalue weighted by molar-refractivity contribution is 5.99. The molecule has 0 atom stereocenters. The Hall–Kier alpha value is -2.50. The molecule has 2 N–H and O–H groups in total. The molecular weight excluding hydrogens is 298 g/mol. The molecule has 23 heavy (non-hydrogen) atoms. The lowest BCUT2D eigenvalue weighted by molar-refractivity contribution is -0.137. The lowest BCUT2D eigenvalue weighted by Gasteiger charge is -2.27. The Bertz CT molecular complexity index is 648. The average molecular weight is 319 g/mol. The molecule has 1 aliphatic heterocycles. The third kappa shape index (κ3) is 4.25. The van der Waals surface area contributed by atoms with Gasteiger partial charge in [-0.2, -0.15) is 0 Å². The van der Waals surface area contributed by atoms with Crippen LogP contribution in [0.4, 0.5) is 0 Å². The monoisotopic (exact) mass is 319 g/mol. The first-order chi connectivity index (χ1) is 10.8. The molecule has 1 aliphatic rings. The van der Waals surface area contributed by atoms with Crippen molar-refractivity contribution in [3.05, 3.63) is 29.3 Å². The third-order valence-corrected chi connectivity index (χ3v) is 3.64. The number of carbonyl (C=O) groups is 2. The number of carboxylic acid groups (broad SMARTS) is 1. The van der Waals surface area contributed by atoms with Crippen molar-refractivity contribution >= 4 is 18.0 Å². The number of methoxy groups -OCH3 is 1. The van der Waals surface area contributed by atoms with Gasteiger partial charge in [0.1, 0.15) is 6.61 Å². The minimum atomic E-state index is -0.881. The van der Waals surface area contributed by atoms with Gasteiger partial charge in [-0.05, 0) is 32.4 Å². The maximum atomic E-state index is 12.4. The van der Waals surface area contributed by atoms with E-state index in [1.54, 1.807) is 33.1 Å². The van der Waals surface area contributed by atoms with Crippen LogP contribution in [0.25, 0.3) is 6.08 Å². The summed E-state index contributed by atoms with van der Waals surface area (Å²) in [4.78, 5) is 23.1. The molecule has 124 valence electrons. The number of fused-ring (bicyclic) bond motifs is 1. The predicted octanol–water partition coefficient (Wildman–Crippen LogP) is 2.23.